The first-order valence-corrected chi connectivity index (χ1v) is 8.69. The maximum Gasteiger partial charge on any atom is 0.303 e. The minimum absolute atomic E-state index is 0.169. The zero-order valence-electron chi connectivity index (χ0n) is 16.3. The predicted molar refractivity (Wildman–Crippen MR) is 104 cm³/mol. The summed E-state index contributed by atoms with van der Waals surface area (Å²) in [6, 6.07) is 3.09. The summed E-state index contributed by atoms with van der Waals surface area (Å²) in [6.45, 7) is 5.55. The minimum atomic E-state index is -3.19. The molecule has 2 N–H and O–H groups in total. The molecule has 0 spiro atoms. The van der Waals surface area contributed by atoms with E-state index in [-0.39, 0.29) is 17.5 Å². The molecule has 3 rings (SSSR count). The fourth-order valence-electron chi connectivity index (χ4n) is 2.48. The molecule has 150 valence electrons. The largest absolute Gasteiger partial charge is 0.339 e. The van der Waals surface area contributed by atoms with Gasteiger partial charge in [-0.2, -0.15) is 8.78 Å². The van der Waals surface area contributed by atoms with Gasteiger partial charge in [0.25, 0.3) is 0 Å². The summed E-state index contributed by atoms with van der Waals surface area (Å²) in [6.07, 6.45) is 4.79. The van der Waals surface area contributed by atoms with Crippen LogP contribution < -0.4 is 10.6 Å². The molecule has 10 heteroatoms. The van der Waals surface area contributed by atoms with Gasteiger partial charge in [0.1, 0.15) is 11.6 Å². The van der Waals surface area contributed by atoms with Crippen molar-refractivity contribution in [2.45, 2.75) is 33.6 Å². The number of pyridine rings is 1. The lowest BCUT2D eigenvalue weighted by Crippen LogP contribution is -2.14. The Morgan fingerprint density at radius 2 is 1.69 bits per heavy atom. The zero-order valence-corrected chi connectivity index (χ0v) is 16.3. The van der Waals surface area contributed by atoms with Crippen LogP contribution in [0.25, 0.3) is 11.4 Å². The second kappa shape index (κ2) is 7.82. The third-order valence-electron chi connectivity index (χ3n) is 3.74. The topological polar surface area (TPSA) is 106 Å². The lowest BCUT2D eigenvalue weighted by atomic mass is 10.2. The zero-order chi connectivity index (χ0) is 21.2. The highest BCUT2D eigenvalue weighted by Crippen LogP contribution is 2.31. The highest BCUT2D eigenvalue weighted by atomic mass is 19.3. The van der Waals surface area contributed by atoms with Crippen LogP contribution in [0, 0.1) is 13.8 Å². The molecule has 8 nitrogen and oxygen atoms in total. The van der Waals surface area contributed by atoms with Crippen LogP contribution in [0.15, 0.2) is 30.7 Å². The summed E-state index contributed by atoms with van der Waals surface area (Å²) >= 11 is 0. The van der Waals surface area contributed by atoms with Gasteiger partial charge < -0.3 is 10.6 Å². The number of amides is 1. The molecule has 3 heterocycles. The van der Waals surface area contributed by atoms with E-state index in [1.165, 1.54) is 19.2 Å². The van der Waals surface area contributed by atoms with Crippen molar-refractivity contribution in [2.75, 3.05) is 10.6 Å². The lowest BCUT2D eigenvalue weighted by molar-refractivity contribution is -0.114. The number of carbonyl (C=O) groups excluding carboxylic acids is 1. The number of nitrogens with zero attached hydrogens (tertiary/aromatic N) is 5. The van der Waals surface area contributed by atoms with E-state index in [0.29, 0.717) is 22.8 Å². The van der Waals surface area contributed by atoms with Gasteiger partial charge in [-0.05, 0) is 19.4 Å². The second-order valence-corrected chi connectivity index (χ2v) is 6.61. The van der Waals surface area contributed by atoms with E-state index < -0.39 is 11.7 Å². The average molecular weight is 399 g/mol. The smallest absolute Gasteiger partial charge is 0.303 e. The molecule has 0 atom stereocenters. The Morgan fingerprint density at radius 1 is 1.00 bits per heavy atom. The van der Waals surface area contributed by atoms with Gasteiger partial charge in [0.05, 0.1) is 11.3 Å². The van der Waals surface area contributed by atoms with Crippen LogP contribution in [-0.4, -0.2) is 30.8 Å². The number of hydrogen-bond acceptors (Lipinski definition) is 7. The van der Waals surface area contributed by atoms with Crippen molar-refractivity contribution in [1.29, 1.82) is 0 Å². The van der Waals surface area contributed by atoms with Gasteiger partial charge in [-0.1, -0.05) is 0 Å². The molecule has 0 aromatic carbocycles. The van der Waals surface area contributed by atoms with E-state index in [0.717, 1.165) is 12.5 Å². The highest BCUT2D eigenvalue weighted by Gasteiger charge is 2.29. The second-order valence-electron chi connectivity index (χ2n) is 6.61. The van der Waals surface area contributed by atoms with Crippen molar-refractivity contribution >= 4 is 23.2 Å². The standard InChI is InChI=1S/C19H19F2N7O/c1-10-7-23-17(24-8-10)13-9-22-15(26-12(3)29)6-14(13)27-16-5-11(2)25-18(28-16)19(4,20)21/h5-9H,1-4H3,(H2,22,25,26,27,28,29). The number of carbonyl (C=O) groups is 1. The molecule has 3 aromatic heterocycles. The first-order chi connectivity index (χ1) is 13.6. The third-order valence-corrected chi connectivity index (χ3v) is 3.74. The van der Waals surface area contributed by atoms with Crippen molar-refractivity contribution < 1.29 is 13.6 Å². The molecule has 0 radical (unpaired) electrons. The van der Waals surface area contributed by atoms with Gasteiger partial charge >= 0.3 is 5.92 Å². The fourth-order valence-corrected chi connectivity index (χ4v) is 2.48. The molecule has 1 amide bonds. The first-order valence-electron chi connectivity index (χ1n) is 8.69. The minimum Gasteiger partial charge on any atom is -0.339 e. The third kappa shape index (κ3) is 5.03. The van der Waals surface area contributed by atoms with Crippen LogP contribution >= 0.6 is 0 Å². The van der Waals surface area contributed by atoms with Gasteiger partial charge in [-0.15, -0.1) is 0 Å². The van der Waals surface area contributed by atoms with E-state index >= 15 is 0 Å². The van der Waals surface area contributed by atoms with Crippen LogP contribution in [0.4, 0.5) is 26.1 Å². The van der Waals surface area contributed by atoms with Crippen LogP contribution in [0.2, 0.25) is 0 Å². The summed E-state index contributed by atoms with van der Waals surface area (Å²) in [7, 11) is 0. The molecular formula is C19H19F2N7O. The number of aromatic nitrogens is 5. The van der Waals surface area contributed by atoms with E-state index in [4.69, 9.17) is 0 Å². The van der Waals surface area contributed by atoms with Crippen molar-refractivity contribution in [3.63, 3.8) is 0 Å². The molecule has 0 unspecified atom stereocenters. The Labute approximate surface area is 165 Å². The molecular weight excluding hydrogens is 380 g/mol. The van der Waals surface area contributed by atoms with Gasteiger partial charge in [0.15, 0.2) is 5.82 Å². The molecule has 0 saturated heterocycles. The SMILES string of the molecule is CC(=O)Nc1cc(Nc2cc(C)nc(C(C)(F)F)n2)c(-c2ncc(C)cn2)cn1. The van der Waals surface area contributed by atoms with Crippen LogP contribution in [0.5, 0.6) is 0 Å². The number of hydrogen-bond donors (Lipinski definition) is 2. The monoisotopic (exact) mass is 399 g/mol. The molecule has 0 aliphatic carbocycles. The normalized spacial score (nSPS) is 11.2. The van der Waals surface area contributed by atoms with E-state index in [9.17, 15) is 13.6 Å². The Kier molecular flexibility index (Phi) is 5.44. The quantitative estimate of drug-likeness (QED) is 0.673. The molecule has 3 aromatic rings. The summed E-state index contributed by atoms with van der Waals surface area (Å²) in [5.41, 5.74) is 2.21. The molecule has 0 aliphatic rings. The first kappa shape index (κ1) is 20.2. The number of anilines is 3. The number of halogens is 2. The maximum atomic E-state index is 13.7. The predicted octanol–water partition coefficient (Wildman–Crippen LogP) is 3.76. The maximum absolute atomic E-state index is 13.7. The molecule has 0 aliphatic heterocycles. The van der Waals surface area contributed by atoms with Crippen molar-refractivity contribution in [1.82, 2.24) is 24.9 Å². The van der Waals surface area contributed by atoms with Crippen LogP contribution in [-0.2, 0) is 10.7 Å². The van der Waals surface area contributed by atoms with Crippen LogP contribution in [0.3, 0.4) is 0 Å². The number of rotatable bonds is 5. The Morgan fingerprint density at radius 3 is 2.31 bits per heavy atom. The van der Waals surface area contributed by atoms with Gasteiger partial charge in [-0.3, -0.25) is 4.79 Å². The van der Waals surface area contributed by atoms with E-state index in [1.54, 1.807) is 25.4 Å². The molecule has 0 saturated carbocycles. The van der Waals surface area contributed by atoms with E-state index in [2.05, 4.69) is 35.6 Å². The van der Waals surface area contributed by atoms with Gasteiger partial charge in [0, 0.05) is 50.3 Å². The number of aryl methyl sites for hydroxylation is 2. The summed E-state index contributed by atoms with van der Waals surface area (Å²) in [5, 5.41) is 5.58. The Balaban J connectivity index is 2.07. The van der Waals surface area contributed by atoms with Gasteiger partial charge in [-0.25, -0.2) is 24.9 Å². The lowest BCUT2D eigenvalue weighted by Gasteiger charge is -2.15. The Bertz CT molecular complexity index is 1050. The van der Waals surface area contributed by atoms with Crippen molar-refractivity contribution in [3.05, 3.63) is 47.8 Å². The molecule has 29 heavy (non-hydrogen) atoms. The van der Waals surface area contributed by atoms with Crippen LogP contribution in [0.1, 0.15) is 30.9 Å². The number of nitrogens with one attached hydrogen (secondary N) is 2. The summed E-state index contributed by atoms with van der Waals surface area (Å²) in [4.78, 5) is 31.9. The summed E-state index contributed by atoms with van der Waals surface area (Å²) in [5.74, 6) is -3.25. The van der Waals surface area contributed by atoms with E-state index in [1.807, 2.05) is 6.92 Å². The van der Waals surface area contributed by atoms with Gasteiger partial charge in [0.2, 0.25) is 11.7 Å². The molecule has 0 bridgehead atoms. The number of alkyl halides is 2. The fraction of sp³-hybridized carbons (Fsp3) is 0.263. The Hall–Kier alpha value is -3.56. The average Bonchev–Trinajstić information content (AvgIpc) is 2.61. The summed E-state index contributed by atoms with van der Waals surface area (Å²) < 4.78 is 27.4. The highest BCUT2D eigenvalue weighted by molar-refractivity contribution is 5.89. The van der Waals surface area contributed by atoms with Crippen molar-refractivity contribution in [3.8, 4) is 11.4 Å². The van der Waals surface area contributed by atoms with Crippen molar-refractivity contribution in [2.24, 2.45) is 0 Å². The molecule has 0 fully saturated rings.